The third kappa shape index (κ3) is 1.60. The van der Waals surface area contributed by atoms with E-state index in [2.05, 4.69) is 16.2 Å². The maximum Gasteiger partial charge on any atom is 0.227 e. The van der Waals surface area contributed by atoms with Gasteiger partial charge in [-0.15, -0.1) is 0 Å². The van der Waals surface area contributed by atoms with Crippen molar-refractivity contribution in [3.8, 4) is 6.07 Å². The van der Waals surface area contributed by atoms with E-state index < -0.39 is 0 Å². The molecule has 0 saturated heterocycles. The number of rotatable bonds is 3. The van der Waals surface area contributed by atoms with E-state index in [-0.39, 0.29) is 0 Å². The van der Waals surface area contributed by atoms with Crippen molar-refractivity contribution in [2.75, 3.05) is 0 Å². The summed E-state index contributed by atoms with van der Waals surface area (Å²) in [6.07, 6.45) is 6.36. The van der Waals surface area contributed by atoms with Crippen LogP contribution >= 0.6 is 0 Å². The standard InChI is InChI=1S/C12H15N3O/c13-5-1-2-11-14-12(15-16-11)10-7-8-3-4-9(10)6-8/h8-10H,1-4,6-7H2. The summed E-state index contributed by atoms with van der Waals surface area (Å²) in [6.45, 7) is 0. The van der Waals surface area contributed by atoms with E-state index in [0.29, 0.717) is 24.7 Å². The SMILES string of the molecule is N#CCCc1nc(C2CC3CCC2C3)no1. The van der Waals surface area contributed by atoms with Crippen molar-refractivity contribution in [1.29, 1.82) is 5.26 Å². The van der Waals surface area contributed by atoms with Gasteiger partial charge in [0.25, 0.3) is 0 Å². The first-order valence-electron chi connectivity index (χ1n) is 6.06. The van der Waals surface area contributed by atoms with Crippen LogP contribution in [0, 0.1) is 23.2 Å². The minimum absolute atomic E-state index is 0.457. The van der Waals surface area contributed by atoms with Crippen LogP contribution in [0.3, 0.4) is 0 Å². The van der Waals surface area contributed by atoms with Gasteiger partial charge in [0.15, 0.2) is 5.82 Å². The molecule has 0 N–H and O–H groups in total. The Morgan fingerprint density at radius 3 is 3.00 bits per heavy atom. The summed E-state index contributed by atoms with van der Waals surface area (Å²) in [4.78, 5) is 4.42. The normalized spacial score (nSPS) is 31.8. The molecule has 4 nitrogen and oxygen atoms in total. The van der Waals surface area contributed by atoms with Crippen molar-refractivity contribution < 1.29 is 4.52 Å². The molecule has 1 heterocycles. The van der Waals surface area contributed by atoms with Crippen molar-refractivity contribution in [3.05, 3.63) is 11.7 Å². The van der Waals surface area contributed by atoms with Crippen molar-refractivity contribution in [2.24, 2.45) is 11.8 Å². The second kappa shape index (κ2) is 3.89. The second-order valence-corrected chi connectivity index (χ2v) is 4.99. The molecule has 84 valence electrons. The number of fused-ring (bicyclic) bond motifs is 2. The average Bonchev–Trinajstić information content (AvgIpc) is 3.01. The van der Waals surface area contributed by atoms with Gasteiger partial charge in [-0.2, -0.15) is 10.2 Å². The van der Waals surface area contributed by atoms with Crippen LogP contribution in [-0.4, -0.2) is 10.1 Å². The lowest BCUT2D eigenvalue weighted by Gasteiger charge is -2.17. The Kier molecular flexibility index (Phi) is 2.39. The molecule has 3 atom stereocenters. The summed E-state index contributed by atoms with van der Waals surface area (Å²) in [5.41, 5.74) is 0. The Balaban J connectivity index is 1.71. The molecule has 2 saturated carbocycles. The molecule has 2 aliphatic carbocycles. The van der Waals surface area contributed by atoms with E-state index in [0.717, 1.165) is 17.7 Å². The van der Waals surface area contributed by atoms with Crippen LogP contribution in [-0.2, 0) is 6.42 Å². The zero-order valence-electron chi connectivity index (χ0n) is 9.22. The summed E-state index contributed by atoms with van der Waals surface area (Å²) >= 11 is 0. The molecule has 1 aromatic rings. The van der Waals surface area contributed by atoms with E-state index >= 15 is 0 Å². The molecule has 1 aromatic heterocycles. The fourth-order valence-electron chi connectivity index (χ4n) is 3.24. The topological polar surface area (TPSA) is 62.7 Å². The molecule has 2 bridgehead atoms. The minimum Gasteiger partial charge on any atom is -0.339 e. The average molecular weight is 217 g/mol. The lowest BCUT2D eigenvalue weighted by Crippen LogP contribution is -2.10. The van der Waals surface area contributed by atoms with Crippen LogP contribution in [0.1, 0.15) is 49.7 Å². The van der Waals surface area contributed by atoms with E-state index in [4.69, 9.17) is 9.78 Å². The highest BCUT2D eigenvalue weighted by Gasteiger charge is 2.42. The molecule has 2 aliphatic rings. The number of aryl methyl sites for hydroxylation is 1. The summed E-state index contributed by atoms with van der Waals surface area (Å²) in [7, 11) is 0. The van der Waals surface area contributed by atoms with Gasteiger partial charge in [0.1, 0.15) is 0 Å². The predicted octanol–water partition coefficient (Wildman–Crippen LogP) is 2.43. The number of nitrogens with zero attached hydrogens (tertiary/aromatic N) is 3. The van der Waals surface area contributed by atoms with Crippen molar-refractivity contribution in [3.63, 3.8) is 0 Å². The minimum atomic E-state index is 0.457. The Hall–Kier alpha value is -1.37. The molecule has 3 rings (SSSR count). The Morgan fingerprint density at radius 1 is 1.38 bits per heavy atom. The van der Waals surface area contributed by atoms with Gasteiger partial charge in [-0.25, -0.2) is 0 Å². The summed E-state index contributed by atoms with van der Waals surface area (Å²) in [6, 6.07) is 2.09. The molecule has 0 radical (unpaired) electrons. The summed E-state index contributed by atoms with van der Waals surface area (Å²) in [5, 5.41) is 12.6. The smallest absolute Gasteiger partial charge is 0.227 e. The molecular formula is C12H15N3O. The highest BCUT2D eigenvalue weighted by Crippen LogP contribution is 2.52. The number of hydrogen-bond donors (Lipinski definition) is 0. The van der Waals surface area contributed by atoms with E-state index in [1.54, 1.807) is 0 Å². The van der Waals surface area contributed by atoms with Crippen molar-refractivity contribution in [2.45, 2.75) is 44.4 Å². The number of nitriles is 1. The van der Waals surface area contributed by atoms with E-state index in [1.807, 2.05) is 0 Å². The van der Waals surface area contributed by atoms with Gasteiger partial charge < -0.3 is 4.52 Å². The van der Waals surface area contributed by atoms with Gasteiger partial charge in [-0.3, -0.25) is 0 Å². The lowest BCUT2D eigenvalue weighted by atomic mass is 9.88. The monoisotopic (exact) mass is 217 g/mol. The van der Waals surface area contributed by atoms with Crippen LogP contribution in [0.15, 0.2) is 4.52 Å². The highest BCUT2D eigenvalue weighted by molar-refractivity contribution is 5.06. The molecule has 16 heavy (non-hydrogen) atoms. The van der Waals surface area contributed by atoms with E-state index in [9.17, 15) is 0 Å². The Labute approximate surface area is 94.6 Å². The molecule has 2 fully saturated rings. The first kappa shape index (κ1) is 9.83. The van der Waals surface area contributed by atoms with Gasteiger partial charge >= 0.3 is 0 Å². The van der Waals surface area contributed by atoms with Crippen LogP contribution in [0.5, 0.6) is 0 Å². The fourth-order valence-corrected chi connectivity index (χ4v) is 3.24. The zero-order valence-corrected chi connectivity index (χ0v) is 9.22. The quantitative estimate of drug-likeness (QED) is 0.780. The molecule has 0 amide bonds. The predicted molar refractivity (Wildman–Crippen MR) is 56.4 cm³/mol. The van der Waals surface area contributed by atoms with Gasteiger partial charge in [-0.1, -0.05) is 11.6 Å². The molecular weight excluding hydrogens is 202 g/mol. The Bertz CT molecular complexity index is 420. The summed E-state index contributed by atoms with van der Waals surface area (Å²) < 4.78 is 5.17. The molecule has 0 aliphatic heterocycles. The Morgan fingerprint density at radius 2 is 2.31 bits per heavy atom. The molecule has 0 spiro atoms. The van der Waals surface area contributed by atoms with Crippen molar-refractivity contribution in [1.82, 2.24) is 10.1 Å². The number of aromatic nitrogens is 2. The maximum atomic E-state index is 8.49. The van der Waals surface area contributed by atoms with Crippen LogP contribution in [0.25, 0.3) is 0 Å². The first-order valence-corrected chi connectivity index (χ1v) is 6.06. The molecule has 0 aromatic carbocycles. The van der Waals surface area contributed by atoms with Gasteiger partial charge in [-0.05, 0) is 31.1 Å². The van der Waals surface area contributed by atoms with Gasteiger partial charge in [0, 0.05) is 18.8 Å². The number of hydrogen-bond acceptors (Lipinski definition) is 4. The lowest BCUT2D eigenvalue weighted by molar-refractivity contribution is 0.352. The molecule has 4 heteroatoms. The van der Waals surface area contributed by atoms with E-state index in [1.165, 1.54) is 25.7 Å². The fraction of sp³-hybridized carbons (Fsp3) is 0.750. The van der Waals surface area contributed by atoms with Crippen molar-refractivity contribution >= 4 is 0 Å². The maximum absolute atomic E-state index is 8.49. The third-order valence-electron chi connectivity index (χ3n) is 4.00. The molecule has 3 unspecified atom stereocenters. The summed E-state index contributed by atoms with van der Waals surface area (Å²) in [5.74, 6) is 3.72. The van der Waals surface area contributed by atoms with Crippen LogP contribution in [0.2, 0.25) is 0 Å². The largest absolute Gasteiger partial charge is 0.339 e. The van der Waals surface area contributed by atoms with Crippen LogP contribution in [0.4, 0.5) is 0 Å². The van der Waals surface area contributed by atoms with Gasteiger partial charge in [0.05, 0.1) is 6.07 Å². The second-order valence-electron chi connectivity index (χ2n) is 4.99. The zero-order chi connectivity index (χ0) is 11.0. The first-order chi connectivity index (χ1) is 7.86. The van der Waals surface area contributed by atoms with Gasteiger partial charge in [0.2, 0.25) is 5.89 Å². The van der Waals surface area contributed by atoms with Crippen LogP contribution < -0.4 is 0 Å². The highest BCUT2D eigenvalue weighted by atomic mass is 16.5. The third-order valence-corrected chi connectivity index (χ3v) is 4.00.